The molecule has 2 heterocycles. The van der Waals surface area contributed by atoms with E-state index in [-0.39, 0.29) is 18.0 Å². The number of piperidine rings is 1. The summed E-state index contributed by atoms with van der Waals surface area (Å²) < 4.78 is 7.25. The Labute approximate surface area is 197 Å². The number of carbonyl (C=O) groups excluding carboxylic acids is 1. The second kappa shape index (κ2) is 9.96. The zero-order chi connectivity index (χ0) is 22.7. The molecule has 0 N–H and O–H groups in total. The first kappa shape index (κ1) is 22.7. The van der Waals surface area contributed by atoms with Crippen LogP contribution in [0.4, 0.5) is 0 Å². The minimum atomic E-state index is 0.137. The van der Waals surface area contributed by atoms with E-state index in [1.807, 2.05) is 58.0 Å². The van der Waals surface area contributed by atoms with Gasteiger partial charge in [-0.1, -0.05) is 35.5 Å². The Hall–Kier alpha value is -2.51. The fourth-order valence-corrected chi connectivity index (χ4v) is 5.30. The van der Waals surface area contributed by atoms with Crippen LogP contribution in [0.3, 0.4) is 0 Å². The van der Waals surface area contributed by atoms with Crippen molar-refractivity contribution in [1.29, 1.82) is 0 Å². The van der Waals surface area contributed by atoms with E-state index >= 15 is 0 Å². The smallest absolute Gasteiger partial charge is 0.233 e. The highest BCUT2D eigenvalue weighted by atomic mass is 35.5. The van der Waals surface area contributed by atoms with Gasteiger partial charge in [-0.3, -0.25) is 9.36 Å². The van der Waals surface area contributed by atoms with E-state index in [0.717, 1.165) is 29.8 Å². The molecule has 168 valence electrons. The molecule has 6 nitrogen and oxygen atoms in total. The monoisotopic (exact) mass is 470 g/mol. The standard InChI is InChI=1S/C24H27ClN4O2S/c1-16-7-6-8-17(2)28(16)22(30)15-32-24-27-26-23(20-9-4-5-10-21(20)25)29(24)18-11-13-19(31-3)14-12-18/h4-5,9-14,16-17H,6-8,15H2,1-3H3/t16-,17-/m1/s1. The van der Waals surface area contributed by atoms with Gasteiger partial charge in [0.15, 0.2) is 11.0 Å². The molecule has 32 heavy (non-hydrogen) atoms. The number of ether oxygens (including phenoxy) is 1. The van der Waals surface area contributed by atoms with E-state index in [0.29, 0.717) is 21.8 Å². The van der Waals surface area contributed by atoms with E-state index in [1.165, 1.54) is 18.2 Å². The maximum absolute atomic E-state index is 13.1. The minimum Gasteiger partial charge on any atom is -0.497 e. The number of methoxy groups -OCH3 is 1. The van der Waals surface area contributed by atoms with Crippen molar-refractivity contribution in [3.8, 4) is 22.8 Å². The van der Waals surface area contributed by atoms with Crippen molar-refractivity contribution in [3.63, 3.8) is 0 Å². The lowest BCUT2D eigenvalue weighted by Gasteiger charge is -2.39. The Morgan fingerprint density at radius 2 is 1.78 bits per heavy atom. The van der Waals surface area contributed by atoms with Crippen LogP contribution in [-0.4, -0.2) is 50.5 Å². The summed E-state index contributed by atoms with van der Waals surface area (Å²) in [4.78, 5) is 15.1. The summed E-state index contributed by atoms with van der Waals surface area (Å²) in [6.45, 7) is 4.27. The Balaban J connectivity index is 1.66. The third-order valence-corrected chi connectivity index (χ3v) is 7.13. The topological polar surface area (TPSA) is 60.2 Å². The summed E-state index contributed by atoms with van der Waals surface area (Å²) in [5, 5.41) is 10.1. The summed E-state index contributed by atoms with van der Waals surface area (Å²) in [6.07, 6.45) is 3.28. The van der Waals surface area contributed by atoms with Gasteiger partial charge in [0.2, 0.25) is 5.91 Å². The zero-order valence-electron chi connectivity index (χ0n) is 18.5. The highest BCUT2D eigenvalue weighted by molar-refractivity contribution is 7.99. The van der Waals surface area contributed by atoms with Crippen LogP contribution in [0.5, 0.6) is 5.75 Å². The number of halogens is 1. The fraction of sp³-hybridized carbons (Fsp3) is 0.375. The molecule has 2 aromatic carbocycles. The van der Waals surface area contributed by atoms with Crippen molar-refractivity contribution in [2.24, 2.45) is 0 Å². The van der Waals surface area contributed by atoms with E-state index in [2.05, 4.69) is 24.0 Å². The number of nitrogens with zero attached hydrogens (tertiary/aromatic N) is 4. The molecule has 0 aliphatic carbocycles. The predicted octanol–water partition coefficient (Wildman–Crippen LogP) is 5.48. The van der Waals surface area contributed by atoms with Crippen LogP contribution in [0, 0.1) is 0 Å². The number of rotatable bonds is 6. The van der Waals surface area contributed by atoms with Crippen LogP contribution >= 0.6 is 23.4 Å². The molecule has 1 amide bonds. The second-order valence-electron chi connectivity index (χ2n) is 8.04. The quantitative estimate of drug-likeness (QED) is 0.446. The van der Waals surface area contributed by atoms with Gasteiger partial charge in [0.25, 0.3) is 0 Å². The van der Waals surface area contributed by atoms with Gasteiger partial charge < -0.3 is 9.64 Å². The number of aromatic nitrogens is 3. The zero-order valence-corrected chi connectivity index (χ0v) is 20.1. The highest BCUT2D eigenvalue weighted by Gasteiger charge is 2.29. The van der Waals surface area contributed by atoms with Crippen LogP contribution in [-0.2, 0) is 4.79 Å². The number of likely N-dealkylation sites (tertiary alicyclic amines) is 1. The van der Waals surface area contributed by atoms with Gasteiger partial charge in [-0.2, -0.15) is 0 Å². The van der Waals surface area contributed by atoms with Crippen molar-refractivity contribution >= 4 is 29.3 Å². The van der Waals surface area contributed by atoms with Gasteiger partial charge in [0.05, 0.1) is 17.9 Å². The first-order valence-electron chi connectivity index (χ1n) is 10.8. The Kier molecular flexibility index (Phi) is 7.06. The third-order valence-electron chi connectivity index (χ3n) is 5.88. The number of amides is 1. The van der Waals surface area contributed by atoms with Gasteiger partial charge in [0, 0.05) is 23.3 Å². The SMILES string of the molecule is COc1ccc(-n2c(SCC(=O)N3[C@H](C)CCC[C@H]3C)nnc2-c2ccccc2Cl)cc1. The van der Waals surface area contributed by atoms with Gasteiger partial charge in [-0.05, 0) is 69.5 Å². The molecule has 1 fully saturated rings. The van der Waals surface area contributed by atoms with Crippen LogP contribution < -0.4 is 4.74 Å². The molecule has 1 saturated heterocycles. The van der Waals surface area contributed by atoms with Gasteiger partial charge in [-0.25, -0.2) is 0 Å². The molecule has 0 radical (unpaired) electrons. The molecule has 8 heteroatoms. The largest absolute Gasteiger partial charge is 0.497 e. The Bertz CT molecular complexity index is 1080. The average Bonchev–Trinajstić information content (AvgIpc) is 3.21. The van der Waals surface area contributed by atoms with E-state index in [9.17, 15) is 4.79 Å². The maximum Gasteiger partial charge on any atom is 0.233 e. The number of hydrogen-bond acceptors (Lipinski definition) is 5. The molecule has 1 aliphatic heterocycles. The Morgan fingerprint density at radius 3 is 2.44 bits per heavy atom. The summed E-state index contributed by atoms with van der Waals surface area (Å²) in [6, 6.07) is 15.8. The van der Waals surface area contributed by atoms with E-state index < -0.39 is 0 Å². The van der Waals surface area contributed by atoms with E-state index in [1.54, 1.807) is 7.11 Å². The second-order valence-corrected chi connectivity index (χ2v) is 9.39. The summed E-state index contributed by atoms with van der Waals surface area (Å²) in [7, 11) is 1.64. The lowest BCUT2D eigenvalue weighted by Crippen LogP contribution is -2.48. The minimum absolute atomic E-state index is 0.137. The van der Waals surface area contributed by atoms with Gasteiger partial charge >= 0.3 is 0 Å². The van der Waals surface area contributed by atoms with E-state index in [4.69, 9.17) is 16.3 Å². The molecule has 0 spiro atoms. The normalized spacial score (nSPS) is 18.6. The lowest BCUT2D eigenvalue weighted by atomic mass is 9.98. The third kappa shape index (κ3) is 4.64. The van der Waals surface area contributed by atoms with Crippen molar-refractivity contribution in [1.82, 2.24) is 19.7 Å². The van der Waals surface area contributed by atoms with Gasteiger partial charge in [-0.15, -0.1) is 10.2 Å². The molecular weight excluding hydrogens is 444 g/mol. The van der Waals surface area contributed by atoms with Crippen LogP contribution in [0.15, 0.2) is 53.7 Å². The van der Waals surface area contributed by atoms with Crippen molar-refractivity contribution < 1.29 is 9.53 Å². The maximum atomic E-state index is 13.1. The van der Waals surface area contributed by atoms with Crippen molar-refractivity contribution in [2.45, 2.75) is 50.4 Å². The molecule has 0 saturated carbocycles. The first-order valence-corrected chi connectivity index (χ1v) is 12.1. The van der Waals surface area contributed by atoms with Crippen LogP contribution in [0.2, 0.25) is 5.02 Å². The summed E-state index contributed by atoms with van der Waals surface area (Å²) in [5.41, 5.74) is 1.66. The molecule has 0 bridgehead atoms. The first-order chi connectivity index (χ1) is 15.5. The molecule has 3 aromatic rings. The molecular formula is C24H27ClN4O2S. The average molecular weight is 471 g/mol. The number of thioether (sulfide) groups is 1. The molecule has 4 rings (SSSR count). The van der Waals surface area contributed by atoms with Crippen molar-refractivity contribution in [3.05, 3.63) is 53.6 Å². The molecule has 2 atom stereocenters. The predicted molar refractivity (Wildman–Crippen MR) is 129 cm³/mol. The van der Waals surface area contributed by atoms with Gasteiger partial charge in [0.1, 0.15) is 5.75 Å². The lowest BCUT2D eigenvalue weighted by molar-refractivity contribution is -0.134. The fourth-order valence-electron chi connectivity index (χ4n) is 4.26. The summed E-state index contributed by atoms with van der Waals surface area (Å²) in [5.74, 6) is 1.85. The van der Waals surface area contributed by atoms with Crippen LogP contribution in [0.25, 0.3) is 17.1 Å². The molecule has 0 unspecified atom stereocenters. The number of carbonyl (C=O) groups is 1. The Morgan fingerprint density at radius 1 is 1.09 bits per heavy atom. The highest BCUT2D eigenvalue weighted by Crippen LogP contribution is 2.33. The van der Waals surface area contributed by atoms with Crippen LogP contribution in [0.1, 0.15) is 33.1 Å². The number of benzene rings is 2. The molecule has 1 aromatic heterocycles. The van der Waals surface area contributed by atoms with Crippen molar-refractivity contribution in [2.75, 3.05) is 12.9 Å². The summed E-state index contributed by atoms with van der Waals surface area (Å²) >= 11 is 7.87. The number of hydrogen-bond donors (Lipinski definition) is 0. The molecule has 1 aliphatic rings.